The topological polar surface area (TPSA) is 72.1 Å². The van der Waals surface area contributed by atoms with Crippen LogP contribution in [0.1, 0.15) is 16.7 Å². The molecule has 0 aliphatic carbocycles. The number of hydrogen-bond acceptors (Lipinski definition) is 5. The number of benzene rings is 2. The zero-order valence-corrected chi connectivity index (χ0v) is 16.6. The lowest BCUT2D eigenvalue weighted by Crippen LogP contribution is -2.35. The van der Waals surface area contributed by atoms with Crippen LogP contribution in [0.2, 0.25) is 0 Å². The minimum atomic E-state index is -0.416. The molecule has 0 saturated heterocycles. The van der Waals surface area contributed by atoms with Crippen LogP contribution in [0, 0.1) is 12.3 Å². The second-order valence-corrected chi connectivity index (χ2v) is 7.74. The number of hydrogen-bond donors (Lipinski definition) is 1. The van der Waals surface area contributed by atoms with Crippen LogP contribution in [0.4, 0.5) is 5.69 Å². The summed E-state index contributed by atoms with van der Waals surface area (Å²) in [6, 6.07) is 15.8. The summed E-state index contributed by atoms with van der Waals surface area (Å²) in [5.74, 6) is -0.372. The molecule has 0 atom stereocenters. The van der Waals surface area contributed by atoms with Gasteiger partial charge in [-0.15, -0.1) is 0 Å². The number of nitrogens with one attached hydrogen (secondary N) is 1. The molecular weight excluding hydrogens is 370 g/mol. The molecule has 1 amide bonds. The zero-order valence-electron chi connectivity index (χ0n) is 15.8. The van der Waals surface area contributed by atoms with E-state index in [0.29, 0.717) is 5.17 Å². The van der Waals surface area contributed by atoms with E-state index in [-0.39, 0.29) is 11.4 Å². The fourth-order valence-electron chi connectivity index (χ4n) is 2.92. The third-order valence-corrected chi connectivity index (χ3v) is 5.40. The summed E-state index contributed by atoms with van der Waals surface area (Å²) in [4.78, 5) is 18.7. The summed E-state index contributed by atoms with van der Waals surface area (Å²) in [5.41, 5.74) is 4.21. The van der Waals surface area contributed by atoms with Crippen molar-refractivity contribution in [3.8, 4) is 0 Å². The Morgan fingerprint density at radius 3 is 2.57 bits per heavy atom. The number of rotatable bonds is 3. The molecule has 0 unspecified atom stereocenters. The normalized spacial score (nSPS) is 17.5. The fourth-order valence-corrected chi connectivity index (χ4v) is 3.81. The minimum Gasteiger partial charge on any atom is -0.378 e. The molecule has 2 aliphatic heterocycles. The van der Waals surface area contributed by atoms with E-state index in [1.165, 1.54) is 16.8 Å². The third kappa shape index (κ3) is 3.36. The first-order valence-electron chi connectivity index (χ1n) is 8.77. The molecule has 2 aromatic carbocycles. The highest BCUT2D eigenvalue weighted by Gasteiger charge is 2.36. The molecule has 1 N–H and O–H groups in total. The molecule has 28 heavy (non-hydrogen) atoms. The molecule has 2 aliphatic rings. The van der Waals surface area contributed by atoms with Gasteiger partial charge in [0, 0.05) is 25.3 Å². The van der Waals surface area contributed by atoms with E-state index in [4.69, 9.17) is 5.41 Å². The van der Waals surface area contributed by atoms with Crippen molar-refractivity contribution in [3.63, 3.8) is 0 Å². The largest absolute Gasteiger partial charge is 0.378 e. The summed E-state index contributed by atoms with van der Waals surface area (Å²) >= 11 is 1.31. The lowest BCUT2D eigenvalue weighted by Gasteiger charge is -2.20. The molecule has 7 heteroatoms. The number of aliphatic imine (C=N–C) groups is 1. The highest BCUT2D eigenvalue weighted by molar-refractivity contribution is 8.27. The molecule has 0 radical (unpaired) electrons. The molecule has 0 spiro atoms. The third-order valence-electron chi connectivity index (χ3n) is 4.44. The number of carbonyl (C=O) groups is 1. The van der Waals surface area contributed by atoms with Gasteiger partial charge in [0.2, 0.25) is 5.17 Å². The van der Waals surface area contributed by atoms with Crippen molar-refractivity contribution in [2.75, 3.05) is 19.0 Å². The van der Waals surface area contributed by atoms with E-state index in [0.717, 1.165) is 27.4 Å². The first-order chi connectivity index (χ1) is 13.4. The first kappa shape index (κ1) is 18.2. The minimum absolute atomic E-state index is 0.0434. The average Bonchev–Trinajstić information content (AvgIpc) is 3.10. The van der Waals surface area contributed by atoms with Gasteiger partial charge in [0.1, 0.15) is 5.04 Å². The second-order valence-electron chi connectivity index (χ2n) is 6.78. The zero-order chi connectivity index (χ0) is 19.8. The lowest BCUT2D eigenvalue weighted by molar-refractivity contribution is -0.114. The molecule has 0 bridgehead atoms. The van der Waals surface area contributed by atoms with E-state index in [1.54, 1.807) is 6.08 Å². The fraction of sp³-hybridized carbons (Fsp3) is 0.143. The smallest absolute Gasteiger partial charge is 0.283 e. The number of carbonyl (C=O) groups excluding carboxylic acids is 1. The predicted molar refractivity (Wildman–Crippen MR) is 116 cm³/mol. The van der Waals surface area contributed by atoms with Crippen LogP contribution < -0.4 is 4.90 Å². The summed E-state index contributed by atoms with van der Waals surface area (Å²) in [7, 11) is 3.94. The Morgan fingerprint density at radius 2 is 1.89 bits per heavy atom. The molecule has 2 heterocycles. The Bertz CT molecular complexity index is 1070. The molecule has 0 saturated carbocycles. The van der Waals surface area contributed by atoms with Crippen molar-refractivity contribution >= 4 is 45.5 Å². The van der Waals surface area contributed by atoms with Crippen LogP contribution in [0.15, 0.2) is 64.2 Å². The Morgan fingerprint density at radius 1 is 1.14 bits per heavy atom. The Balaban J connectivity index is 1.65. The van der Waals surface area contributed by atoms with Crippen LogP contribution in [-0.2, 0) is 4.79 Å². The SMILES string of the molecule is Cc1cccc(C2=NN3C(=N)/C(=C/c4ccc(N(C)C)cc4)C(=O)N=C3S2)c1. The Hall–Kier alpha value is -3.19. The number of amidine groups is 2. The van der Waals surface area contributed by atoms with Crippen LogP contribution in [0.5, 0.6) is 0 Å². The van der Waals surface area contributed by atoms with Crippen LogP contribution in [0.25, 0.3) is 6.08 Å². The van der Waals surface area contributed by atoms with Gasteiger partial charge >= 0.3 is 0 Å². The van der Waals surface area contributed by atoms with E-state index in [2.05, 4.69) is 10.1 Å². The van der Waals surface area contributed by atoms with Crippen molar-refractivity contribution < 1.29 is 4.79 Å². The Labute approximate surface area is 167 Å². The van der Waals surface area contributed by atoms with Crippen molar-refractivity contribution in [2.45, 2.75) is 6.92 Å². The van der Waals surface area contributed by atoms with Gasteiger partial charge in [-0.25, -0.2) is 0 Å². The van der Waals surface area contributed by atoms with Gasteiger partial charge in [0.05, 0.1) is 5.57 Å². The molecule has 0 fully saturated rings. The highest BCUT2D eigenvalue weighted by atomic mass is 32.2. The quantitative estimate of drug-likeness (QED) is 0.812. The molecule has 4 rings (SSSR count). The summed E-state index contributed by atoms with van der Waals surface area (Å²) < 4.78 is 0. The second kappa shape index (κ2) is 7.09. The van der Waals surface area contributed by atoms with Crippen LogP contribution >= 0.6 is 11.8 Å². The number of anilines is 1. The van der Waals surface area contributed by atoms with Gasteiger partial charge in [-0.3, -0.25) is 10.2 Å². The van der Waals surface area contributed by atoms with Crippen LogP contribution in [-0.4, -0.2) is 41.1 Å². The number of amides is 1. The highest BCUT2D eigenvalue weighted by Crippen LogP contribution is 2.31. The van der Waals surface area contributed by atoms with Gasteiger partial charge in [0.25, 0.3) is 5.91 Å². The van der Waals surface area contributed by atoms with Gasteiger partial charge in [-0.1, -0.05) is 35.9 Å². The average molecular weight is 389 g/mol. The van der Waals surface area contributed by atoms with E-state index >= 15 is 0 Å². The summed E-state index contributed by atoms with van der Waals surface area (Å²) in [5, 5.41) is 15.6. The number of hydrazone groups is 1. The van der Waals surface area contributed by atoms with E-state index in [9.17, 15) is 4.79 Å². The molecule has 2 aromatic rings. The van der Waals surface area contributed by atoms with Gasteiger partial charge < -0.3 is 4.90 Å². The maximum absolute atomic E-state index is 12.5. The van der Waals surface area contributed by atoms with Gasteiger partial charge in [-0.2, -0.15) is 15.1 Å². The molecule has 140 valence electrons. The summed E-state index contributed by atoms with van der Waals surface area (Å²) in [6.45, 7) is 2.02. The monoisotopic (exact) mass is 389 g/mol. The van der Waals surface area contributed by atoms with Crippen molar-refractivity contribution in [1.29, 1.82) is 5.41 Å². The number of nitrogens with zero attached hydrogens (tertiary/aromatic N) is 4. The van der Waals surface area contributed by atoms with Crippen molar-refractivity contribution in [2.24, 2.45) is 10.1 Å². The van der Waals surface area contributed by atoms with Gasteiger partial charge in [0.15, 0.2) is 5.84 Å². The van der Waals surface area contributed by atoms with Crippen LogP contribution in [0.3, 0.4) is 0 Å². The number of aryl methyl sites for hydroxylation is 1. The lowest BCUT2D eigenvalue weighted by atomic mass is 10.1. The van der Waals surface area contributed by atoms with E-state index < -0.39 is 5.91 Å². The maximum Gasteiger partial charge on any atom is 0.283 e. The van der Waals surface area contributed by atoms with Gasteiger partial charge in [-0.05, 0) is 48.5 Å². The van der Waals surface area contributed by atoms with Crippen molar-refractivity contribution in [3.05, 3.63) is 70.8 Å². The first-order valence-corrected chi connectivity index (χ1v) is 9.59. The molecule has 6 nitrogen and oxygen atoms in total. The number of fused-ring (bicyclic) bond motifs is 1. The maximum atomic E-state index is 12.5. The standard InChI is InChI=1S/C21H19N5OS/c1-13-5-4-6-15(11-13)20-24-26-18(22)17(19(27)23-21(26)28-20)12-14-7-9-16(10-8-14)25(2)3/h4-12,22H,1-3H3/b17-12-,22-18?. The number of thioether (sulfide) groups is 1. The van der Waals surface area contributed by atoms with Crippen molar-refractivity contribution in [1.82, 2.24) is 5.01 Å². The molecular formula is C21H19N5OS. The van der Waals surface area contributed by atoms with E-state index in [1.807, 2.05) is 74.4 Å². The predicted octanol–water partition coefficient (Wildman–Crippen LogP) is 3.73. The molecule has 0 aromatic heterocycles. The Kier molecular flexibility index (Phi) is 4.60. The summed E-state index contributed by atoms with van der Waals surface area (Å²) in [6.07, 6.45) is 1.69.